The first-order valence-corrected chi connectivity index (χ1v) is 6.70. The molecule has 1 amide bonds. The van der Waals surface area contributed by atoms with Crippen LogP contribution < -0.4 is 0 Å². The minimum atomic E-state index is -0.152. The Balaban J connectivity index is 2.88. The first kappa shape index (κ1) is 14.0. The number of carbonyl (C=O) groups excluding carboxylic acids is 1. The van der Waals surface area contributed by atoms with Crippen LogP contribution in [0.3, 0.4) is 0 Å². The van der Waals surface area contributed by atoms with Gasteiger partial charge in [-0.05, 0) is 26.3 Å². The van der Waals surface area contributed by atoms with Crippen LogP contribution in [0.2, 0.25) is 0 Å². The molecule has 0 fully saturated rings. The minimum absolute atomic E-state index is 0.0676. The van der Waals surface area contributed by atoms with Crippen molar-refractivity contribution < 1.29 is 9.90 Å². The smallest absolute Gasteiger partial charge is 0.257 e. The summed E-state index contributed by atoms with van der Waals surface area (Å²) in [4.78, 5) is 17.7. The highest BCUT2D eigenvalue weighted by atomic mass is 79.9. The van der Waals surface area contributed by atoms with Gasteiger partial charge in [0, 0.05) is 24.1 Å². The summed E-state index contributed by atoms with van der Waals surface area (Å²) in [5.74, 6) is -0.220. The maximum atomic E-state index is 12.2. The van der Waals surface area contributed by atoms with E-state index >= 15 is 0 Å². The standard InChI is InChI=1S/C12H17BrN2O2/c1-9(2)15(7-3-5-13)12(17)10-4-6-14-8-11(10)16/h4,6,8-9,16H,3,5,7H2,1-2H3. The lowest BCUT2D eigenvalue weighted by Gasteiger charge is -2.26. The first-order chi connectivity index (χ1) is 8.07. The van der Waals surface area contributed by atoms with Gasteiger partial charge >= 0.3 is 0 Å². The van der Waals surface area contributed by atoms with Crippen molar-refractivity contribution in [3.8, 4) is 5.75 Å². The highest BCUT2D eigenvalue weighted by molar-refractivity contribution is 9.09. The fraction of sp³-hybridized carbons (Fsp3) is 0.500. The van der Waals surface area contributed by atoms with E-state index in [9.17, 15) is 9.90 Å². The molecule has 0 aliphatic carbocycles. The molecule has 0 atom stereocenters. The van der Waals surface area contributed by atoms with Crippen LogP contribution >= 0.6 is 15.9 Å². The van der Waals surface area contributed by atoms with Crippen molar-refractivity contribution >= 4 is 21.8 Å². The van der Waals surface area contributed by atoms with Gasteiger partial charge in [-0.1, -0.05) is 15.9 Å². The van der Waals surface area contributed by atoms with E-state index in [0.29, 0.717) is 12.1 Å². The number of hydrogen-bond acceptors (Lipinski definition) is 3. The largest absolute Gasteiger partial charge is 0.505 e. The first-order valence-electron chi connectivity index (χ1n) is 5.57. The third-order valence-corrected chi connectivity index (χ3v) is 3.01. The molecule has 1 rings (SSSR count). The Kier molecular flexibility index (Phi) is 5.41. The third-order valence-electron chi connectivity index (χ3n) is 2.45. The number of halogens is 1. The van der Waals surface area contributed by atoms with Crippen molar-refractivity contribution in [1.29, 1.82) is 0 Å². The van der Waals surface area contributed by atoms with Crippen LogP contribution in [0.15, 0.2) is 18.5 Å². The molecule has 94 valence electrons. The Hall–Kier alpha value is -1.10. The van der Waals surface area contributed by atoms with E-state index in [1.54, 1.807) is 11.0 Å². The number of aromatic nitrogens is 1. The van der Waals surface area contributed by atoms with Crippen LogP contribution in [-0.2, 0) is 0 Å². The lowest BCUT2D eigenvalue weighted by molar-refractivity contribution is 0.0703. The average molecular weight is 301 g/mol. The van der Waals surface area contributed by atoms with E-state index in [1.165, 1.54) is 12.4 Å². The van der Waals surface area contributed by atoms with Crippen LogP contribution in [0.4, 0.5) is 0 Å². The maximum Gasteiger partial charge on any atom is 0.257 e. The van der Waals surface area contributed by atoms with Crippen molar-refractivity contribution in [2.24, 2.45) is 0 Å². The molecule has 5 heteroatoms. The van der Waals surface area contributed by atoms with Gasteiger partial charge in [-0.2, -0.15) is 0 Å². The number of pyridine rings is 1. The molecule has 0 aliphatic heterocycles. The molecule has 0 unspecified atom stereocenters. The number of hydrogen-bond donors (Lipinski definition) is 1. The second-order valence-corrected chi connectivity index (χ2v) is 4.82. The molecule has 0 spiro atoms. The lowest BCUT2D eigenvalue weighted by atomic mass is 10.2. The van der Waals surface area contributed by atoms with Gasteiger partial charge in [-0.25, -0.2) is 0 Å². The summed E-state index contributed by atoms with van der Waals surface area (Å²) in [5.41, 5.74) is 0.309. The number of nitrogens with zero attached hydrogens (tertiary/aromatic N) is 2. The molecular weight excluding hydrogens is 284 g/mol. The Bertz CT molecular complexity index is 383. The molecule has 4 nitrogen and oxygen atoms in total. The van der Waals surface area contributed by atoms with Crippen LogP contribution in [-0.4, -0.2) is 38.8 Å². The number of carbonyl (C=O) groups is 1. The van der Waals surface area contributed by atoms with Crippen molar-refractivity contribution in [3.63, 3.8) is 0 Å². The van der Waals surface area contributed by atoms with Crippen LogP contribution in [0.5, 0.6) is 5.75 Å². The zero-order valence-electron chi connectivity index (χ0n) is 10.1. The minimum Gasteiger partial charge on any atom is -0.505 e. The molecule has 1 aromatic rings. The van der Waals surface area contributed by atoms with Gasteiger partial charge in [0.05, 0.1) is 11.8 Å². The van der Waals surface area contributed by atoms with Crippen LogP contribution in [0.1, 0.15) is 30.6 Å². The summed E-state index contributed by atoms with van der Waals surface area (Å²) in [6.07, 6.45) is 3.68. The molecule has 1 heterocycles. The molecular formula is C12H17BrN2O2. The lowest BCUT2D eigenvalue weighted by Crippen LogP contribution is -2.37. The number of aromatic hydroxyl groups is 1. The molecule has 1 N–H and O–H groups in total. The summed E-state index contributed by atoms with van der Waals surface area (Å²) in [7, 11) is 0. The summed E-state index contributed by atoms with van der Waals surface area (Å²) in [6, 6.07) is 1.65. The molecule has 0 aliphatic rings. The third kappa shape index (κ3) is 3.70. The summed E-state index contributed by atoms with van der Waals surface area (Å²) in [5, 5.41) is 10.5. The van der Waals surface area contributed by atoms with Crippen molar-refractivity contribution in [1.82, 2.24) is 9.88 Å². The average Bonchev–Trinajstić information content (AvgIpc) is 2.29. The Morgan fingerprint density at radius 3 is 2.82 bits per heavy atom. The monoisotopic (exact) mass is 300 g/mol. The molecule has 0 bridgehead atoms. The van der Waals surface area contributed by atoms with Gasteiger partial charge in [-0.15, -0.1) is 0 Å². The molecule has 17 heavy (non-hydrogen) atoms. The zero-order valence-corrected chi connectivity index (χ0v) is 11.6. The van der Waals surface area contributed by atoms with Gasteiger partial charge in [0.2, 0.25) is 0 Å². The van der Waals surface area contributed by atoms with Gasteiger partial charge < -0.3 is 10.0 Å². The summed E-state index contributed by atoms with van der Waals surface area (Å²) < 4.78 is 0. The van der Waals surface area contributed by atoms with E-state index in [2.05, 4.69) is 20.9 Å². The molecule has 0 saturated heterocycles. The van der Waals surface area contributed by atoms with E-state index in [4.69, 9.17) is 0 Å². The molecule has 0 saturated carbocycles. The van der Waals surface area contributed by atoms with E-state index in [0.717, 1.165) is 11.8 Å². The predicted molar refractivity (Wildman–Crippen MR) is 70.5 cm³/mol. The van der Waals surface area contributed by atoms with Crippen molar-refractivity contribution in [2.45, 2.75) is 26.3 Å². The second kappa shape index (κ2) is 6.59. The molecule has 0 radical (unpaired) electrons. The fourth-order valence-corrected chi connectivity index (χ4v) is 1.80. The SMILES string of the molecule is CC(C)N(CCCBr)C(=O)c1ccncc1O. The summed E-state index contributed by atoms with van der Waals surface area (Å²) >= 11 is 3.35. The quantitative estimate of drug-likeness (QED) is 0.850. The highest BCUT2D eigenvalue weighted by Gasteiger charge is 2.20. The van der Waals surface area contributed by atoms with E-state index < -0.39 is 0 Å². The number of amides is 1. The predicted octanol–water partition coefficient (Wildman–Crippen LogP) is 2.42. The maximum absolute atomic E-state index is 12.2. The van der Waals surface area contributed by atoms with Crippen molar-refractivity contribution in [2.75, 3.05) is 11.9 Å². The Morgan fingerprint density at radius 1 is 1.59 bits per heavy atom. The molecule has 1 aromatic heterocycles. The normalized spacial score (nSPS) is 10.6. The Labute approximate surface area is 110 Å². The van der Waals surface area contributed by atoms with Crippen LogP contribution in [0, 0.1) is 0 Å². The highest BCUT2D eigenvalue weighted by Crippen LogP contribution is 2.18. The van der Waals surface area contributed by atoms with E-state index in [-0.39, 0.29) is 17.7 Å². The Morgan fingerprint density at radius 2 is 2.29 bits per heavy atom. The second-order valence-electron chi connectivity index (χ2n) is 4.03. The van der Waals surface area contributed by atoms with Crippen molar-refractivity contribution in [3.05, 3.63) is 24.0 Å². The van der Waals surface area contributed by atoms with Gasteiger partial charge in [0.1, 0.15) is 5.75 Å². The summed E-state index contributed by atoms with van der Waals surface area (Å²) in [6.45, 7) is 4.60. The topological polar surface area (TPSA) is 53.4 Å². The number of rotatable bonds is 5. The molecule has 0 aromatic carbocycles. The number of alkyl halides is 1. The zero-order chi connectivity index (χ0) is 12.8. The van der Waals surface area contributed by atoms with Gasteiger partial charge in [0.25, 0.3) is 5.91 Å². The fourth-order valence-electron chi connectivity index (χ4n) is 1.55. The van der Waals surface area contributed by atoms with Gasteiger partial charge in [-0.3, -0.25) is 9.78 Å². The van der Waals surface area contributed by atoms with E-state index in [1.807, 2.05) is 13.8 Å². The van der Waals surface area contributed by atoms with Crippen LogP contribution in [0.25, 0.3) is 0 Å². The van der Waals surface area contributed by atoms with Gasteiger partial charge in [0.15, 0.2) is 0 Å².